The Labute approximate surface area is 97.5 Å². The SMILES string of the molecule is CCNCC(=O)N(C)Cc1ccccc1C. The summed E-state index contributed by atoms with van der Waals surface area (Å²) in [6.45, 7) is 5.98. The van der Waals surface area contributed by atoms with Gasteiger partial charge < -0.3 is 10.2 Å². The largest absolute Gasteiger partial charge is 0.340 e. The number of rotatable bonds is 5. The number of nitrogens with zero attached hydrogens (tertiary/aromatic N) is 1. The van der Waals surface area contributed by atoms with Crippen LogP contribution in [0.5, 0.6) is 0 Å². The summed E-state index contributed by atoms with van der Waals surface area (Å²) >= 11 is 0. The van der Waals surface area contributed by atoms with Crippen molar-refractivity contribution in [2.24, 2.45) is 0 Å². The van der Waals surface area contributed by atoms with Crippen LogP contribution in [0.4, 0.5) is 0 Å². The number of likely N-dealkylation sites (N-methyl/N-ethyl adjacent to an activating group) is 2. The summed E-state index contributed by atoms with van der Waals surface area (Å²) < 4.78 is 0. The number of amides is 1. The Morgan fingerprint density at radius 1 is 1.38 bits per heavy atom. The Kier molecular flexibility index (Phi) is 4.99. The molecule has 0 aliphatic carbocycles. The molecule has 0 spiro atoms. The van der Waals surface area contributed by atoms with Gasteiger partial charge in [0.2, 0.25) is 5.91 Å². The van der Waals surface area contributed by atoms with Crippen molar-refractivity contribution < 1.29 is 4.79 Å². The lowest BCUT2D eigenvalue weighted by molar-refractivity contribution is -0.129. The molecular weight excluding hydrogens is 200 g/mol. The van der Waals surface area contributed by atoms with E-state index in [1.165, 1.54) is 11.1 Å². The molecule has 0 saturated carbocycles. The molecule has 0 aliphatic heterocycles. The van der Waals surface area contributed by atoms with Crippen LogP contribution in [0.1, 0.15) is 18.1 Å². The molecule has 0 atom stereocenters. The Morgan fingerprint density at radius 3 is 2.69 bits per heavy atom. The molecule has 0 aliphatic rings. The summed E-state index contributed by atoms with van der Waals surface area (Å²) in [5.74, 6) is 0.130. The van der Waals surface area contributed by atoms with E-state index in [4.69, 9.17) is 0 Å². The van der Waals surface area contributed by atoms with Crippen molar-refractivity contribution in [3.63, 3.8) is 0 Å². The molecule has 1 aromatic carbocycles. The zero-order chi connectivity index (χ0) is 12.0. The van der Waals surface area contributed by atoms with Gasteiger partial charge >= 0.3 is 0 Å². The van der Waals surface area contributed by atoms with Gasteiger partial charge in [0, 0.05) is 13.6 Å². The van der Waals surface area contributed by atoms with Gasteiger partial charge in [0.05, 0.1) is 6.54 Å². The number of aryl methyl sites for hydroxylation is 1. The van der Waals surface area contributed by atoms with E-state index < -0.39 is 0 Å². The van der Waals surface area contributed by atoms with Crippen LogP contribution in [-0.4, -0.2) is 30.9 Å². The molecule has 1 aromatic rings. The predicted molar refractivity (Wildman–Crippen MR) is 66.2 cm³/mol. The average Bonchev–Trinajstić information content (AvgIpc) is 2.28. The van der Waals surface area contributed by atoms with Crippen LogP contribution in [0, 0.1) is 6.92 Å². The van der Waals surface area contributed by atoms with Gasteiger partial charge in [0.25, 0.3) is 0 Å². The second-order valence-corrected chi connectivity index (χ2v) is 3.96. The third-order valence-corrected chi connectivity index (χ3v) is 2.62. The van der Waals surface area contributed by atoms with Crippen molar-refractivity contribution in [3.8, 4) is 0 Å². The fourth-order valence-corrected chi connectivity index (χ4v) is 1.50. The minimum atomic E-state index is 0.130. The first-order chi connectivity index (χ1) is 7.65. The Balaban J connectivity index is 2.54. The first-order valence-electron chi connectivity index (χ1n) is 5.64. The van der Waals surface area contributed by atoms with E-state index in [1.54, 1.807) is 4.90 Å². The molecule has 0 bridgehead atoms. The van der Waals surface area contributed by atoms with Crippen molar-refractivity contribution in [1.82, 2.24) is 10.2 Å². The smallest absolute Gasteiger partial charge is 0.236 e. The first kappa shape index (κ1) is 12.7. The average molecular weight is 220 g/mol. The fourth-order valence-electron chi connectivity index (χ4n) is 1.50. The van der Waals surface area contributed by atoms with Crippen LogP contribution in [0.25, 0.3) is 0 Å². The van der Waals surface area contributed by atoms with Gasteiger partial charge in [0.1, 0.15) is 0 Å². The summed E-state index contributed by atoms with van der Waals surface area (Å²) in [4.78, 5) is 13.4. The molecule has 1 rings (SSSR count). The second-order valence-electron chi connectivity index (χ2n) is 3.96. The van der Waals surface area contributed by atoms with Gasteiger partial charge in [-0.15, -0.1) is 0 Å². The Hall–Kier alpha value is -1.35. The van der Waals surface area contributed by atoms with Crippen molar-refractivity contribution in [3.05, 3.63) is 35.4 Å². The van der Waals surface area contributed by atoms with Gasteiger partial charge in [0.15, 0.2) is 0 Å². The van der Waals surface area contributed by atoms with E-state index in [1.807, 2.05) is 26.1 Å². The van der Waals surface area contributed by atoms with Crippen molar-refractivity contribution >= 4 is 5.91 Å². The molecule has 0 saturated heterocycles. The molecule has 0 fully saturated rings. The van der Waals surface area contributed by atoms with Gasteiger partial charge in [-0.1, -0.05) is 31.2 Å². The van der Waals surface area contributed by atoms with E-state index in [2.05, 4.69) is 24.4 Å². The number of hydrogen-bond donors (Lipinski definition) is 1. The molecular formula is C13H20N2O. The highest BCUT2D eigenvalue weighted by Gasteiger charge is 2.08. The number of hydrogen-bond acceptors (Lipinski definition) is 2. The molecule has 16 heavy (non-hydrogen) atoms. The minimum Gasteiger partial charge on any atom is -0.340 e. The third-order valence-electron chi connectivity index (χ3n) is 2.62. The van der Waals surface area contributed by atoms with Crippen LogP contribution in [0.2, 0.25) is 0 Å². The highest BCUT2D eigenvalue weighted by atomic mass is 16.2. The zero-order valence-corrected chi connectivity index (χ0v) is 10.3. The van der Waals surface area contributed by atoms with Gasteiger partial charge in [-0.25, -0.2) is 0 Å². The molecule has 1 amide bonds. The topological polar surface area (TPSA) is 32.3 Å². The lowest BCUT2D eigenvalue weighted by atomic mass is 10.1. The molecule has 0 unspecified atom stereocenters. The first-order valence-corrected chi connectivity index (χ1v) is 5.64. The molecule has 3 nitrogen and oxygen atoms in total. The van der Waals surface area contributed by atoms with Crippen molar-refractivity contribution in [1.29, 1.82) is 0 Å². The zero-order valence-electron chi connectivity index (χ0n) is 10.3. The maximum atomic E-state index is 11.7. The summed E-state index contributed by atoms with van der Waals surface area (Å²) in [6, 6.07) is 8.15. The standard InChI is InChI=1S/C13H20N2O/c1-4-14-9-13(16)15(3)10-12-8-6-5-7-11(12)2/h5-8,14H,4,9-10H2,1-3H3. The molecule has 88 valence electrons. The lowest BCUT2D eigenvalue weighted by Crippen LogP contribution is -2.35. The van der Waals surface area contributed by atoms with Crippen LogP contribution >= 0.6 is 0 Å². The summed E-state index contributed by atoms with van der Waals surface area (Å²) in [6.07, 6.45) is 0. The van der Waals surface area contributed by atoms with Crippen LogP contribution < -0.4 is 5.32 Å². The predicted octanol–water partition coefficient (Wildman–Crippen LogP) is 1.56. The highest BCUT2D eigenvalue weighted by molar-refractivity contribution is 5.77. The Morgan fingerprint density at radius 2 is 2.06 bits per heavy atom. The number of benzene rings is 1. The minimum absolute atomic E-state index is 0.130. The van der Waals surface area contributed by atoms with Crippen LogP contribution in [0.15, 0.2) is 24.3 Å². The number of carbonyl (C=O) groups is 1. The number of nitrogens with one attached hydrogen (secondary N) is 1. The maximum absolute atomic E-state index is 11.7. The molecule has 3 heteroatoms. The monoisotopic (exact) mass is 220 g/mol. The molecule has 0 aromatic heterocycles. The van der Waals surface area contributed by atoms with E-state index in [0.717, 1.165) is 6.54 Å². The van der Waals surface area contributed by atoms with E-state index in [0.29, 0.717) is 13.1 Å². The van der Waals surface area contributed by atoms with E-state index in [-0.39, 0.29) is 5.91 Å². The molecule has 1 N–H and O–H groups in total. The van der Waals surface area contributed by atoms with E-state index >= 15 is 0 Å². The molecule has 0 radical (unpaired) electrons. The second kappa shape index (κ2) is 6.28. The van der Waals surface area contributed by atoms with Gasteiger partial charge in [-0.2, -0.15) is 0 Å². The quantitative estimate of drug-likeness (QED) is 0.817. The summed E-state index contributed by atoms with van der Waals surface area (Å²) in [5, 5.41) is 3.04. The van der Waals surface area contributed by atoms with Crippen molar-refractivity contribution in [2.75, 3.05) is 20.1 Å². The van der Waals surface area contributed by atoms with Crippen LogP contribution in [-0.2, 0) is 11.3 Å². The van der Waals surface area contributed by atoms with E-state index in [9.17, 15) is 4.79 Å². The highest BCUT2D eigenvalue weighted by Crippen LogP contribution is 2.09. The summed E-state index contributed by atoms with van der Waals surface area (Å²) in [7, 11) is 1.84. The maximum Gasteiger partial charge on any atom is 0.236 e. The normalized spacial score (nSPS) is 10.2. The summed E-state index contributed by atoms with van der Waals surface area (Å²) in [5.41, 5.74) is 2.43. The van der Waals surface area contributed by atoms with Crippen LogP contribution in [0.3, 0.4) is 0 Å². The lowest BCUT2D eigenvalue weighted by Gasteiger charge is -2.18. The van der Waals surface area contributed by atoms with Gasteiger partial charge in [-0.05, 0) is 24.6 Å². The molecule has 0 heterocycles. The third kappa shape index (κ3) is 3.66. The Bertz CT molecular complexity index is 350. The fraction of sp³-hybridized carbons (Fsp3) is 0.462. The number of carbonyl (C=O) groups excluding carboxylic acids is 1. The van der Waals surface area contributed by atoms with Crippen molar-refractivity contribution in [2.45, 2.75) is 20.4 Å². The van der Waals surface area contributed by atoms with Gasteiger partial charge in [-0.3, -0.25) is 4.79 Å².